The number of hydrogen-bond donors (Lipinski definition) is 1. The quantitative estimate of drug-likeness (QED) is 0.570. The van der Waals surface area contributed by atoms with Crippen LogP contribution >= 0.6 is 0 Å². The summed E-state index contributed by atoms with van der Waals surface area (Å²) in [4.78, 5) is 12.3. The number of nitrogens with one attached hydrogen (secondary N) is 1. The van der Waals surface area contributed by atoms with Crippen molar-refractivity contribution in [3.8, 4) is 5.69 Å². The van der Waals surface area contributed by atoms with Gasteiger partial charge in [0.25, 0.3) is 0 Å². The van der Waals surface area contributed by atoms with Crippen LogP contribution in [0.4, 0.5) is 0 Å². The van der Waals surface area contributed by atoms with Crippen molar-refractivity contribution in [2.75, 3.05) is 6.54 Å². The Balaban J connectivity index is 1.33. The number of benzene rings is 3. The highest BCUT2D eigenvalue weighted by Gasteiger charge is 2.07. The molecule has 0 aliphatic heterocycles. The predicted octanol–water partition coefficient (Wildman–Crippen LogP) is 3.93. The van der Waals surface area contributed by atoms with Crippen LogP contribution in [0, 0.1) is 0 Å². The fraction of sp³-hybridized carbons (Fsp3) is 0.130. The maximum absolute atomic E-state index is 12.3. The van der Waals surface area contributed by atoms with Crippen LogP contribution in [0.15, 0.2) is 85.1 Å². The van der Waals surface area contributed by atoms with Gasteiger partial charge in [0.2, 0.25) is 5.91 Å². The molecule has 0 radical (unpaired) electrons. The highest BCUT2D eigenvalue weighted by Crippen LogP contribution is 2.18. The smallest absolute Gasteiger partial charge is 0.224 e. The van der Waals surface area contributed by atoms with Gasteiger partial charge in [-0.1, -0.05) is 60.7 Å². The first-order valence-corrected chi connectivity index (χ1v) is 9.13. The molecule has 1 amide bonds. The molecule has 1 N–H and O–H groups in total. The Hall–Kier alpha value is -3.40. The van der Waals surface area contributed by atoms with Gasteiger partial charge < -0.3 is 5.32 Å². The van der Waals surface area contributed by atoms with Crippen molar-refractivity contribution in [1.82, 2.24) is 15.1 Å². The molecule has 0 fully saturated rings. The van der Waals surface area contributed by atoms with Crippen molar-refractivity contribution in [2.24, 2.45) is 0 Å². The number of carbonyl (C=O) groups is 1. The fourth-order valence-electron chi connectivity index (χ4n) is 3.23. The lowest BCUT2D eigenvalue weighted by Crippen LogP contribution is -2.27. The number of nitrogens with zero attached hydrogens (tertiary/aromatic N) is 2. The van der Waals surface area contributed by atoms with Gasteiger partial charge >= 0.3 is 0 Å². The normalized spacial score (nSPS) is 10.8. The highest BCUT2D eigenvalue weighted by molar-refractivity contribution is 5.90. The molecule has 4 aromatic rings. The summed E-state index contributed by atoms with van der Waals surface area (Å²) in [5, 5.41) is 9.87. The number of carbonyl (C=O) groups excluding carboxylic acids is 1. The van der Waals surface area contributed by atoms with Gasteiger partial charge in [-0.05, 0) is 34.5 Å². The lowest BCUT2D eigenvalue weighted by Gasteiger charge is -2.07. The molecule has 1 aromatic heterocycles. The Labute approximate surface area is 158 Å². The SMILES string of the molecule is O=C(Cc1cccc2ccccc12)NCCc1ccn(-c2ccccc2)n1. The molecule has 1 heterocycles. The van der Waals surface area contributed by atoms with Gasteiger partial charge in [0, 0.05) is 19.2 Å². The third kappa shape index (κ3) is 4.06. The van der Waals surface area contributed by atoms with Crippen LogP contribution in [0.3, 0.4) is 0 Å². The van der Waals surface area contributed by atoms with Crippen LogP contribution in [0.5, 0.6) is 0 Å². The Morgan fingerprint density at radius 1 is 0.889 bits per heavy atom. The first kappa shape index (κ1) is 17.0. The van der Waals surface area contributed by atoms with E-state index in [4.69, 9.17) is 0 Å². The third-order valence-corrected chi connectivity index (χ3v) is 4.60. The molecule has 4 heteroatoms. The van der Waals surface area contributed by atoms with Crippen LogP contribution in [0.25, 0.3) is 16.5 Å². The average molecular weight is 355 g/mol. The summed E-state index contributed by atoms with van der Waals surface area (Å²) < 4.78 is 1.85. The van der Waals surface area contributed by atoms with Crippen molar-refractivity contribution in [1.29, 1.82) is 0 Å². The van der Waals surface area contributed by atoms with Crippen molar-refractivity contribution in [2.45, 2.75) is 12.8 Å². The van der Waals surface area contributed by atoms with E-state index in [9.17, 15) is 4.79 Å². The standard InChI is InChI=1S/C23H21N3O/c27-23(17-19-9-6-8-18-7-4-5-12-22(18)19)24-15-13-20-14-16-26(25-20)21-10-2-1-3-11-21/h1-12,14,16H,13,15,17H2,(H,24,27). The molecule has 3 aromatic carbocycles. The molecule has 0 spiro atoms. The van der Waals surface area contributed by atoms with Crippen molar-refractivity contribution < 1.29 is 4.79 Å². The van der Waals surface area contributed by atoms with Crippen LogP contribution in [0.2, 0.25) is 0 Å². The fourth-order valence-corrected chi connectivity index (χ4v) is 3.23. The van der Waals surface area contributed by atoms with E-state index in [0.717, 1.165) is 27.7 Å². The van der Waals surface area contributed by atoms with E-state index < -0.39 is 0 Å². The van der Waals surface area contributed by atoms with E-state index in [0.29, 0.717) is 19.4 Å². The van der Waals surface area contributed by atoms with E-state index in [1.807, 2.05) is 71.5 Å². The van der Waals surface area contributed by atoms with E-state index in [1.165, 1.54) is 0 Å². The minimum Gasteiger partial charge on any atom is -0.355 e. The molecule has 4 nitrogen and oxygen atoms in total. The summed E-state index contributed by atoms with van der Waals surface area (Å²) in [5.41, 5.74) is 3.05. The molecule has 0 saturated heterocycles. The zero-order valence-corrected chi connectivity index (χ0v) is 15.0. The van der Waals surface area contributed by atoms with Gasteiger partial charge in [-0.3, -0.25) is 4.79 Å². The van der Waals surface area contributed by atoms with E-state index in [2.05, 4.69) is 28.6 Å². The number of rotatable bonds is 6. The first-order valence-electron chi connectivity index (χ1n) is 9.13. The lowest BCUT2D eigenvalue weighted by atomic mass is 10.0. The molecule has 0 aliphatic rings. The van der Waals surface area contributed by atoms with Crippen LogP contribution in [0.1, 0.15) is 11.3 Å². The zero-order chi connectivity index (χ0) is 18.5. The van der Waals surface area contributed by atoms with Gasteiger partial charge in [0.05, 0.1) is 17.8 Å². The van der Waals surface area contributed by atoms with Gasteiger partial charge in [0.1, 0.15) is 0 Å². The number of hydrogen-bond acceptors (Lipinski definition) is 2. The van der Waals surface area contributed by atoms with Gasteiger partial charge in [0.15, 0.2) is 0 Å². The zero-order valence-electron chi connectivity index (χ0n) is 15.0. The summed E-state index contributed by atoms with van der Waals surface area (Å²) in [5.74, 6) is 0.0360. The van der Waals surface area contributed by atoms with Crippen LogP contribution in [-0.4, -0.2) is 22.2 Å². The minimum absolute atomic E-state index is 0.0360. The second-order valence-electron chi connectivity index (χ2n) is 6.50. The number of para-hydroxylation sites is 1. The lowest BCUT2D eigenvalue weighted by molar-refractivity contribution is -0.120. The molecular weight excluding hydrogens is 334 g/mol. The molecule has 27 heavy (non-hydrogen) atoms. The van der Waals surface area contributed by atoms with Crippen molar-refractivity contribution >= 4 is 16.7 Å². The summed E-state index contributed by atoms with van der Waals surface area (Å²) in [6.07, 6.45) is 3.05. The van der Waals surface area contributed by atoms with E-state index in [1.54, 1.807) is 0 Å². The summed E-state index contributed by atoms with van der Waals surface area (Å²) in [7, 11) is 0. The molecule has 134 valence electrons. The van der Waals surface area contributed by atoms with Crippen LogP contribution < -0.4 is 5.32 Å². The topological polar surface area (TPSA) is 46.9 Å². The maximum atomic E-state index is 12.3. The second kappa shape index (κ2) is 7.87. The van der Waals surface area contributed by atoms with Crippen molar-refractivity contribution in [3.05, 3.63) is 96.3 Å². The summed E-state index contributed by atoms with van der Waals surface area (Å²) in [6.45, 7) is 0.579. The monoisotopic (exact) mass is 355 g/mol. The van der Waals surface area contributed by atoms with Gasteiger partial charge in [-0.25, -0.2) is 4.68 Å². The molecule has 0 unspecified atom stereocenters. The maximum Gasteiger partial charge on any atom is 0.224 e. The molecule has 0 atom stereocenters. The molecular formula is C23H21N3O. The average Bonchev–Trinajstić information content (AvgIpc) is 3.18. The third-order valence-electron chi connectivity index (χ3n) is 4.60. The Morgan fingerprint density at radius 3 is 2.56 bits per heavy atom. The molecule has 0 aliphatic carbocycles. The van der Waals surface area contributed by atoms with Gasteiger partial charge in [-0.15, -0.1) is 0 Å². The Bertz CT molecular complexity index is 1050. The number of amides is 1. The summed E-state index contributed by atoms with van der Waals surface area (Å²) in [6, 6.07) is 26.2. The Kier molecular flexibility index (Phi) is 4.97. The second-order valence-corrected chi connectivity index (χ2v) is 6.50. The first-order chi connectivity index (χ1) is 13.3. The molecule has 4 rings (SSSR count). The van der Waals surface area contributed by atoms with Crippen molar-refractivity contribution in [3.63, 3.8) is 0 Å². The largest absolute Gasteiger partial charge is 0.355 e. The number of aromatic nitrogens is 2. The Morgan fingerprint density at radius 2 is 1.67 bits per heavy atom. The van der Waals surface area contributed by atoms with Gasteiger partial charge in [-0.2, -0.15) is 5.10 Å². The van der Waals surface area contributed by atoms with Crippen LogP contribution in [-0.2, 0) is 17.6 Å². The summed E-state index contributed by atoms with van der Waals surface area (Å²) >= 11 is 0. The molecule has 0 bridgehead atoms. The van der Waals surface area contributed by atoms with E-state index in [-0.39, 0.29) is 5.91 Å². The predicted molar refractivity (Wildman–Crippen MR) is 108 cm³/mol. The van der Waals surface area contributed by atoms with E-state index >= 15 is 0 Å². The minimum atomic E-state index is 0.0360. The number of fused-ring (bicyclic) bond motifs is 1. The molecule has 0 saturated carbocycles. The highest BCUT2D eigenvalue weighted by atomic mass is 16.1.